The molecular formula is C22H28N2O5S. The third-order valence-corrected chi connectivity index (χ3v) is 7.13. The Hall–Kier alpha value is -2.58. The summed E-state index contributed by atoms with van der Waals surface area (Å²) in [5.41, 5.74) is 1.18. The SMILES string of the molecule is COc1ccc(C(=O)CNc2ccc(S(=O)(=O)N3CCCCCC3)cc2)cc1OC. The number of sulfonamides is 1. The molecule has 1 heterocycles. The van der Waals surface area contributed by atoms with E-state index in [1.54, 1.807) is 46.8 Å². The van der Waals surface area contributed by atoms with Gasteiger partial charge in [-0.2, -0.15) is 4.31 Å². The average Bonchev–Trinajstić information content (AvgIpc) is 3.07. The molecule has 1 N–H and O–H groups in total. The van der Waals surface area contributed by atoms with Gasteiger partial charge < -0.3 is 14.8 Å². The number of hydrogen-bond donors (Lipinski definition) is 1. The van der Waals surface area contributed by atoms with Crippen molar-refractivity contribution in [1.82, 2.24) is 4.31 Å². The second-order valence-electron chi connectivity index (χ2n) is 7.19. The summed E-state index contributed by atoms with van der Waals surface area (Å²) >= 11 is 0. The van der Waals surface area contributed by atoms with Crippen LogP contribution in [0.1, 0.15) is 36.0 Å². The van der Waals surface area contributed by atoms with Crippen LogP contribution in [0.25, 0.3) is 0 Å². The fourth-order valence-electron chi connectivity index (χ4n) is 3.47. The summed E-state index contributed by atoms with van der Waals surface area (Å²) in [6.07, 6.45) is 3.94. The van der Waals surface area contributed by atoms with Gasteiger partial charge >= 0.3 is 0 Å². The van der Waals surface area contributed by atoms with Gasteiger partial charge in [-0.05, 0) is 55.3 Å². The lowest BCUT2D eigenvalue weighted by atomic mass is 10.1. The summed E-state index contributed by atoms with van der Waals surface area (Å²) < 4.78 is 37.7. The number of hydrogen-bond acceptors (Lipinski definition) is 6. The highest BCUT2D eigenvalue weighted by atomic mass is 32.2. The van der Waals surface area contributed by atoms with E-state index >= 15 is 0 Å². The topological polar surface area (TPSA) is 84.9 Å². The molecule has 8 heteroatoms. The molecule has 0 unspecified atom stereocenters. The predicted octanol–water partition coefficient (Wildman–Crippen LogP) is 3.56. The van der Waals surface area contributed by atoms with Gasteiger partial charge in [-0.25, -0.2) is 8.42 Å². The highest BCUT2D eigenvalue weighted by Gasteiger charge is 2.24. The molecule has 30 heavy (non-hydrogen) atoms. The second kappa shape index (κ2) is 9.95. The lowest BCUT2D eigenvalue weighted by Gasteiger charge is -2.20. The molecule has 0 radical (unpaired) electrons. The lowest BCUT2D eigenvalue weighted by Crippen LogP contribution is -2.31. The highest BCUT2D eigenvalue weighted by molar-refractivity contribution is 7.89. The van der Waals surface area contributed by atoms with Crippen molar-refractivity contribution in [3.8, 4) is 11.5 Å². The minimum atomic E-state index is -3.48. The van der Waals surface area contributed by atoms with E-state index in [1.165, 1.54) is 14.2 Å². The Morgan fingerprint density at radius 1 is 0.933 bits per heavy atom. The van der Waals surface area contributed by atoms with Gasteiger partial charge in [0.25, 0.3) is 0 Å². The summed E-state index contributed by atoms with van der Waals surface area (Å²) in [5.74, 6) is 0.937. The van der Waals surface area contributed by atoms with E-state index in [0.717, 1.165) is 25.7 Å². The maximum Gasteiger partial charge on any atom is 0.243 e. The molecule has 1 fully saturated rings. The Kier molecular flexibility index (Phi) is 7.33. The summed E-state index contributed by atoms with van der Waals surface area (Å²) in [6, 6.07) is 11.6. The van der Waals surface area contributed by atoms with Gasteiger partial charge in [0.05, 0.1) is 25.7 Å². The van der Waals surface area contributed by atoms with Crippen LogP contribution in [0.15, 0.2) is 47.4 Å². The number of nitrogens with one attached hydrogen (secondary N) is 1. The smallest absolute Gasteiger partial charge is 0.243 e. The van der Waals surface area contributed by atoms with Crippen LogP contribution in [0.5, 0.6) is 11.5 Å². The van der Waals surface area contributed by atoms with Crippen molar-refractivity contribution < 1.29 is 22.7 Å². The van der Waals surface area contributed by atoms with Crippen molar-refractivity contribution in [2.75, 3.05) is 39.2 Å². The molecule has 0 bridgehead atoms. The summed E-state index contributed by atoms with van der Waals surface area (Å²) in [6.45, 7) is 1.22. The number of rotatable bonds is 8. The fraction of sp³-hybridized carbons (Fsp3) is 0.409. The number of anilines is 1. The molecule has 1 aliphatic heterocycles. The zero-order valence-electron chi connectivity index (χ0n) is 17.4. The summed E-state index contributed by atoms with van der Waals surface area (Å²) in [4.78, 5) is 12.8. The van der Waals surface area contributed by atoms with E-state index in [9.17, 15) is 13.2 Å². The molecule has 0 atom stereocenters. The molecule has 0 saturated carbocycles. The van der Waals surface area contributed by atoms with Gasteiger partial charge in [0.15, 0.2) is 17.3 Å². The van der Waals surface area contributed by atoms with E-state index in [-0.39, 0.29) is 17.2 Å². The Morgan fingerprint density at radius 2 is 1.57 bits per heavy atom. The predicted molar refractivity (Wildman–Crippen MR) is 116 cm³/mol. The molecule has 2 aromatic rings. The van der Waals surface area contributed by atoms with Crippen LogP contribution in [0, 0.1) is 0 Å². The van der Waals surface area contributed by atoms with Gasteiger partial charge in [-0.3, -0.25) is 4.79 Å². The van der Waals surface area contributed by atoms with Crippen molar-refractivity contribution in [2.45, 2.75) is 30.6 Å². The van der Waals surface area contributed by atoms with Crippen LogP contribution in [0.3, 0.4) is 0 Å². The number of nitrogens with zero attached hydrogens (tertiary/aromatic N) is 1. The summed E-state index contributed by atoms with van der Waals surface area (Å²) in [7, 11) is -0.419. The Morgan fingerprint density at radius 3 is 2.17 bits per heavy atom. The first-order valence-corrected chi connectivity index (χ1v) is 11.5. The van der Waals surface area contributed by atoms with Crippen LogP contribution in [0.2, 0.25) is 0 Å². The van der Waals surface area contributed by atoms with Crippen LogP contribution < -0.4 is 14.8 Å². The molecule has 1 saturated heterocycles. The van der Waals surface area contributed by atoms with E-state index in [4.69, 9.17) is 9.47 Å². The minimum absolute atomic E-state index is 0.0771. The zero-order chi connectivity index (χ0) is 21.6. The van der Waals surface area contributed by atoms with Crippen molar-refractivity contribution in [3.63, 3.8) is 0 Å². The standard InChI is InChI=1S/C22H28N2O5S/c1-28-21-12-7-17(15-22(21)29-2)20(25)16-23-18-8-10-19(11-9-18)30(26,27)24-13-5-3-4-6-14-24/h7-12,15,23H,3-6,13-14,16H2,1-2H3. The third kappa shape index (κ3) is 5.12. The van der Waals surface area contributed by atoms with Crippen LogP contribution in [0.4, 0.5) is 5.69 Å². The van der Waals surface area contributed by atoms with Gasteiger partial charge in [0.1, 0.15) is 0 Å². The minimum Gasteiger partial charge on any atom is -0.493 e. The number of methoxy groups -OCH3 is 2. The first kappa shape index (κ1) is 22.1. The second-order valence-corrected chi connectivity index (χ2v) is 9.13. The van der Waals surface area contributed by atoms with Crippen molar-refractivity contribution in [2.24, 2.45) is 0 Å². The monoisotopic (exact) mass is 432 g/mol. The average molecular weight is 433 g/mol. The normalized spacial score (nSPS) is 15.3. The third-order valence-electron chi connectivity index (χ3n) is 5.22. The first-order chi connectivity index (χ1) is 14.5. The Labute approximate surface area is 178 Å². The molecule has 2 aromatic carbocycles. The summed E-state index contributed by atoms with van der Waals surface area (Å²) in [5, 5.41) is 3.05. The van der Waals surface area contributed by atoms with E-state index < -0.39 is 10.0 Å². The highest BCUT2D eigenvalue weighted by Crippen LogP contribution is 2.28. The van der Waals surface area contributed by atoms with E-state index in [0.29, 0.717) is 35.8 Å². The van der Waals surface area contributed by atoms with Gasteiger partial charge in [-0.1, -0.05) is 12.8 Å². The first-order valence-electron chi connectivity index (χ1n) is 10.0. The molecule has 162 valence electrons. The molecule has 1 aliphatic rings. The van der Waals surface area contributed by atoms with Crippen LogP contribution in [-0.2, 0) is 10.0 Å². The Balaban J connectivity index is 1.64. The number of benzene rings is 2. The van der Waals surface area contributed by atoms with Crippen LogP contribution >= 0.6 is 0 Å². The van der Waals surface area contributed by atoms with E-state index in [1.807, 2.05) is 0 Å². The number of ether oxygens (including phenoxy) is 2. The lowest BCUT2D eigenvalue weighted by molar-refractivity contribution is 0.101. The molecule has 7 nitrogen and oxygen atoms in total. The quantitative estimate of drug-likeness (QED) is 0.642. The number of carbonyl (C=O) groups excluding carboxylic acids is 1. The molecule has 0 aliphatic carbocycles. The van der Waals surface area contributed by atoms with Gasteiger partial charge in [-0.15, -0.1) is 0 Å². The Bertz CT molecular complexity index is 966. The molecule has 0 aromatic heterocycles. The largest absolute Gasteiger partial charge is 0.493 e. The molecule has 3 rings (SSSR count). The number of Topliss-reactive ketones (excluding diaryl/α,β-unsaturated/α-hetero) is 1. The van der Waals surface area contributed by atoms with Gasteiger partial charge in [0, 0.05) is 24.3 Å². The number of carbonyl (C=O) groups is 1. The zero-order valence-corrected chi connectivity index (χ0v) is 18.2. The fourth-order valence-corrected chi connectivity index (χ4v) is 4.99. The van der Waals surface area contributed by atoms with E-state index in [2.05, 4.69) is 5.32 Å². The molecular weight excluding hydrogens is 404 g/mol. The molecule has 0 amide bonds. The van der Waals surface area contributed by atoms with Crippen molar-refractivity contribution >= 4 is 21.5 Å². The van der Waals surface area contributed by atoms with Crippen molar-refractivity contribution in [1.29, 1.82) is 0 Å². The molecule has 0 spiro atoms. The number of ketones is 1. The van der Waals surface area contributed by atoms with Crippen molar-refractivity contribution in [3.05, 3.63) is 48.0 Å². The van der Waals surface area contributed by atoms with Gasteiger partial charge in [0.2, 0.25) is 10.0 Å². The van der Waals surface area contributed by atoms with Crippen LogP contribution in [-0.4, -0.2) is 52.4 Å². The maximum atomic E-state index is 12.8. The maximum absolute atomic E-state index is 12.8.